The molecule has 0 amide bonds. The summed E-state index contributed by atoms with van der Waals surface area (Å²) in [6, 6.07) is 10.6. The normalized spacial score (nSPS) is 14.6. The maximum absolute atomic E-state index is 12.3. The zero-order valence-electron chi connectivity index (χ0n) is 13.0. The summed E-state index contributed by atoms with van der Waals surface area (Å²) >= 11 is 1.13. The van der Waals surface area contributed by atoms with Crippen molar-refractivity contribution >= 4 is 51.3 Å². The van der Waals surface area contributed by atoms with Gasteiger partial charge >= 0.3 is 11.9 Å². The third kappa shape index (κ3) is 2.29. The lowest BCUT2D eigenvalue weighted by molar-refractivity contribution is -0.150. The van der Waals surface area contributed by atoms with Gasteiger partial charge in [-0.05, 0) is 45.7 Å². The van der Waals surface area contributed by atoms with E-state index < -0.39 is 11.9 Å². The first kappa shape index (κ1) is 14.8. The maximum Gasteiger partial charge on any atom is 0.347 e. The molecule has 0 radical (unpaired) electrons. The Hall–Kier alpha value is -3.46. The van der Waals surface area contributed by atoms with E-state index in [1.807, 2.05) is 18.2 Å². The topological polar surface area (TPSA) is 108 Å². The molecule has 3 heterocycles. The van der Waals surface area contributed by atoms with Crippen molar-refractivity contribution in [1.82, 2.24) is 19.1 Å². The molecule has 0 spiro atoms. The largest absolute Gasteiger partial charge is 0.386 e. The van der Waals surface area contributed by atoms with Gasteiger partial charge in [-0.2, -0.15) is 8.75 Å². The monoisotopic (exact) mass is 364 g/mol. The van der Waals surface area contributed by atoms with E-state index in [0.717, 1.165) is 28.3 Å². The van der Waals surface area contributed by atoms with Crippen LogP contribution >= 0.6 is 11.7 Å². The van der Waals surface area contributed by atoms with E-state index in [1.165, 1.54) is 0 Å². The Morgan fingerprint density at radius 3 is 2.58 bits per heavy atom. The molecule has 0 saturated carbocycles. The SMILES string of the molecule is O=C1OC(=O)C(c2ccc3nonc3c2)=C1Cc1ccc2nsnc2c1. The Kier molecular flexibility index (Phi) is 3.16. The fourth-order valence-electron chi connectivity index (χ4n) is 2.95. The second-order valence-electron chi connectivity index (χ2n) is 5.76. The molecule has 1 aliphatic rings. The summed E-state index contributed by atoms with van der Waals surface area (Å²) in [6.07, 6.45) is 0.252. The van der Waals surface area contributed by atoms with E-state index in [1.54, 1.807) is 18.2 Å². The molecule has 0 N–H and O–H groups in total. The minimum absolute atomic E-state index is 0.233. The summed E-state index contributed by atoms with van der Waals surface area (Å²) in [4.78, 5) is 24.5. The minimum Gasteiger partial charge on any atom is -0.386 e. The average Bonchev–Trinajstić information content (AvgIpc) is 3.34. The molecule has 4 aromatic rings. The number of cyclic esters (lactones) is 2. The fourth-order valence-corrected chi connectivity index (χ4v) is 3.47. The summed E-state index contributed by atoms with van der Waals surface area (Å²) in [5.74, 6) is -1.31. The molecule has 8 nitrogen and oxygen atoms in total. The van der Waals surface area contributed by atoms with Crippen LogP contribution in [0.15, 0.2) is 46.6 Å². The van der Waals surface area contributed by atoms with Crippen molar-refractivity contribution in [3.05, 3.63) is 53.1 Å². The molecule has 5 rings (SSSR count). The summed E-state index contributed by atoms with van der Waals surface area (Å²) in [5.41, 5.74) is 4.52. The lowest BCUT2D eigenvalue weighted by atomic mass is 9.96. The summed E-state index contributed by atoms with van der Waals surface area (Å²) in [6.45, 7) is 0. The van der Waals surface area contributed by atoms with Gasteiger partial charge in [0.1, 0.15) is 22.1 Å². The zero-order chi connectivity index (χ0) is 17.7. The van der Waals surface area contributed by atoms with Gasteiger partial charge < -0.3 is 4.74 Å². The molecule has 0 saturated heterocycles. The van der Waals surface area contributed by atoms with Gasteiger partial charge in [0, 0.05) is 6.42 Å². The number of aromatic nitrogens is 4. The number of hydrogen-bond acceptors (Lipinski definition) is 9. The number of benzene rings is 2. The van der Waals surface area contributed by atoms with Crippen molar-refractivity contribution in [3.8, 4) is 0 Å². The van der Waals surface area contributed by atoms with Crippen LogP contribution in [0, 0.1) is 0 Å². The van der Waals surface area contributed by atoms with Gasteiger partial charge in [0.25, 0.3) is 0 Å². The summed E-state index contributed by atoms with van der Waals surface area (Å²) in [5, 5.41) is 7.51. The van der Waals surface area contributed by atoms with Crippen LogP contribution in [0.3, 0.4) is 0 Å². The molecular weight excluding hydrogens is 356 g/mol. The fraction of sp³-hybridized carbons (Fsp3) is 0.0588. The van der Waals surface area contributed by atoms with Gasteiger partial charge in [-0.3, -0.25) is 0 Å². The maximum atomic E-state index is 12.3. The Bertz CT molecular complexity index is 1240. The predicted octanol–water partition coefficient (Wildman–Crippen LogP) is 2.31. The first-order valence-corrected chi connectivity index (χ1v) is 8.35. The number of carbonyl (C=O) groups is 2. The van der Waals surface area contributed by atoms with Gasteiger partial charge in [0.2, 0.25) is 0 Å². The van der Waals surface area contributed by atoms with Crippen molar-refractivity contribution in [2.24, 2.45) is 0 Å². The number of nitrogens with zero attached hydrogens (tertiary/aromatic N) is 4. The van der Waals surface area contributed by atoms with E-state index in [0.29, 0.717) is 22.2 Å². The van der Waals surface area contributed by atoms with Gasteiger partial charge in [-0.25, -0.2) is 14.2 Å². The summed E-state index contributed by atoms with van der Waals surface area (Å²) in [7, 11) is 0. The molecular formula is C17H8N4O4S. The Morgan fingerprint density at radius 1 is 0.846 bits per heavy atom. The smallest absolute Gasteiger partial charge is 0.347 e. The number of fused-ring (bicyclic) bond motifs is 2. The molecule has 1 aliphatic heterocycles. The van der Waals surface area contributed by atoms with Crippen LogP contribution < -0.4 is 0 Å². The van der Waals surface area contributed by atoms with Crippen molar-refractivity contribution in [1.29, 1.82) is 0 Å². The zero-order valence-corrected chi connectivity index (χ0v) is 13.8. The first-order valence-electron chi connectivity index (χ1n) is 7.62. The highest BCUT2D eigenvalue weighted by Gasteiger charge is 2.34. The predicted molar refractivity (Wildman–Crippen MR) is 90.9 cm³/mol. The molecule has 0 fully saturated rings. The van der Waals surface area contributed by atoms with Crippen LogP contribution in [0.25, 0.3) is 27.6 Å². The number of rotatable bonds is 3. The van der Waals surface area contributed by atoms with Crippen molar-refractivity contribution in [3.63, 3.8) is 0 Å². The van der Waals surface area contributed by atoms with Crippen molar-refractivity contribution in [2.75, 3.05) is 0 Å². The lowest BCUT2D eigenvalue weighted by Crippen LogP contribution is -2.03. The quantitative estimate of drug-likeness (QED) is 0.402. The molecule has 9 heteroatoms. The molecule has 0 atom stereocenters. The highest BCUT2D eigenvalue weighted by Crippen LogP contribution is 2.31. The number of ether oxygens (including phenoxy) is 1. The second kappa shape index (κ2) is 5.53. The first-order chi connectivity index (χ1) is 12.7. The summed E-state index contributed by atoms with van der Waals surface area (Å²) < 4.78 is 17.9. The molecule has 0 bridgehead atoms. The highest BCUT2D eigenvalue weighted by molar-refractivity contribution is 7.00. The van der Waals surface area contributed by atoms with E-state index in [2.05, 4.69) is 23.7 Å². The van der Waals surface area contributed by atoms with Crippen LogP contribution in [0.4, 0.5) is 0 Å². The van der Waals surface area contributed by atoms with Crippen molar-refractivity contribution < 1.29 is 19.0 Å². The second-order valence-corrected chi connectivity index (χ2v) is 6.29. The van der Waals surface area contributed by atoms with Gasteiger partial charge in [0.05, 0.1) is 22.9 Å². The van der Waals surface area contributed by atoms with Gasteiger partial charge in [-0.15, -0.1) is 0 Å². The lowest BCUT2D eigenvalue weighted by Gasteiger charge is -2.03. The molecule has 2 aromatic carbocycles. The minimum atomic E-state index is -0.669. The molecule has 0 unspecified atom stereocenters. The Balaban J connectivity index is 1.62. The molecule has 2 aromatic heterocycles. The molecule has 26 heavy (non-hydrogen) atoms. The number of hydrogen-bond donors (Lipinski definition) is 0. The van der Waals surface area contributed by atoms with Gasteiger partial charge in [0.15, 0.2) is 0 Å². The van der Waals surface area contributed by atoms with Crippen LogP contribution in [0.2, 0.25) is 0 Å². The Labute approximate surface area is 149 Å². The third-order valence-corrected chi connectivity index (χ3v) is 4.74. The molecule has 126 valence electrons. The van der Waals surface area contributed by atoms with Crippen LogP contribution in [-0.2, 0) is 20.7 Å². The van der Waals surface area contributed by atoms with E-state index >= 15 is 0 Å². The van der Waals surface area contributed by atoms with Crippen LogP contribution in [0.1, 0.15) is 11.1 Å². The standard InChI is InChI=1S/C17H8N4O4S/c22-16-10(5-8-1-3-12-14(6-8)21-26-20-12)15(17(23)24-16)9-2-4-11-13(7-9)19-25-18-11/h1-4,6-7H,5H2. The van der Waals surface area contributed by atoms with Crippen LogP contribution in [0.5, 0.6) is 0 Å². The van der Waals surface area contributed by atoms with Crippen molar-refractivity contribution in [2.45, 2.75) is 6.42 Å². The van der Waals surface area contributed by atoms with Gasteiger partial charge in [-0.1, -0.05) is 12.1 Å². The van der Waals surface area contributed by atoms with Crippen LogP contribution in [-0.4, -0.2) is 31.0 Å². The van der Waals surface area contributed by atoms with E-state index in [9.17, 15) is 9.59 Å². The van der Waals surface area contributed by atoms with E-state index in [4.69, 9.17) is 4.74 Å². The average molecular weight is 364 g/mol. The highest BCUT2D eigenvalue weighted by atomic mass is 32.1. The molecule has 0 aliphatic carbocycles. The number of esters is 2. The third-order valence-electron chi connectivity index (χ3n) is 4.18. The van der Waals surface area contributed by atoms with E-state index in [-0.39, 0.29) is 12.0 Å². The Morgan fingerprint density at radius 2 is 1.65 bits per heavy atom. The number of carbonyl (C=O) groups excluding carboxylic acids is 2.